The van der Waals surface area contributed by atoms with Crippen LogP contribution in [0.15, 0.2) is 138 Å². The molecule has 4 aromatic carbocycles. The molecule has 2 aliphatic heterocycles. The first-order valence-electron chi connectivity index (χ1n) is 21.2. The number of hydrogen-bond donors (Lipinski definition) is 3. The van der Waals surface area contributed by atoms with Crippen molar-refractivity contribution >= 4 is 47.6 Å². The van der Waals surface area contributed by atoms with E-state index in [0.717, 1.165) is 43.6 Å². The maximum absolute atomic E-state index is 11.8. The van der Waals surface area contributed by atoms with Crippen LogP contribution in [0.2, 0.25) is 0 Å². The summed E-state index contributed by atoms with van der Waals surface area (Å²) in [4.78, 5) is 59.8. The van der Waals surface area contributed by atoms with Crippen LogP contribution in [-0.4, -0.2) is 62.6 Å². The van der Waals surface area contributed by atoms with Crippen LogP contribution >= 0.6 is 0 Å². The van der Waals surface area contributed by atoms with E-state index in [1.54, 1.807) is 26.1 Å². The fourth-order valence-corrected chi connectivity index (χ4v) is 8.15. The third-order valence-corrected chi connectivity index (χ3v) is 10.8. The molecule has 13 nitrogen and oxygen atoms in total. The lowest BCUT2D eigenvalue weighted by Gasteiger charge is -2.30. The van der Waals surface area contributed by atoms with Crippen molar-refractivity contribution in [2.24, 2.45) is 10.9 Å². The van der Waals surface area contributed by atoms with Gasteiger partial charge in [-0.1, -0.05) is 97.1 Å². The predicted molar refractivity (Wildman–Crippen MR) is 248 cm³/mol. The zero-order valence-electron chi connectivity index (χ0n) is 37.1. The average molecular weight is 857 g/mol. The van der Waals surface area contributed by atoms with Crippen molar-refractivity contribution in [2.75, 3.05) is 36.1 Å². The summed E-state index contributed by atoms with van der Waals surface area (Å²) >= 11 is 0. The van der Waals surface area contributed by atoms with Crippen molar-refractivity contribution in [1.29, 1.82) is 0 Å². The number of aldehydes is 1. The third-order valence-electron chi connectivity index (χ3n) is 10.8. The fourth-order valence-electron chi connectivity index (χ4n) is 8.15. The number of allylic oxidation sites excluding steroid dienone is 4. The number of esters is 2. The number of hydrazine groups is 1. The van der Waals surface area contributed by atoms with Gasteiger partial charge in [-0.15, -0.1) is 0 Å². The largest absolute Gasteiger partial charge is 0.466 e. The van der Waals surface area contributed by atoms with Gasteiger partial charge in [0.05, 0.1) is 13.2 Å². The van der Waals surface area contributed by atoms with Gasteiger partial charge in [0, 0.05) is 52.9 Å². The monoisotopic (exact) mass is 856 g/mol. The standard InChI is InChI=1S/C25H29N3O3.C20H21NO.C5H10N2O3/c1-4-28-21-14-10-9-13-20(21)25(3,18-19-11-7-6-8-12-19)22(28)15-16-26-27-23(29)17-24(30)31-5-2;1-3-21-18-12-8-7-11-17(18)20(2,19(21)13-14-22)15-16-9-5-4-6-10-16;1-2-10-5(9)3-4(8)7-6/h6-16H,4-5,17-18H2,1-3H3,(H,27,29);4-14H,3,15H2,1-2H3;2-3,6H2,1H3,(H,7,8)/b22-15-,26-16+;19-13-;. The number of para-hydroxylation sites is 2. The summed E-state index contributed by atoms with van der Waals surface area (Å²) in [5.41, 5.74) is 13.5. The molecule has 2 aliphatic rings. The first-order chi connectivity index (χ1) is 30.4. The SMILES string of the molecule is CCN1/C(=C\C=O)C(C)(Cc2ccccc2)c2ccccc21.CCOC(=O)CC(=O)N/N=C/C=C1\N(CC)c2ccccc2C1(C)Cc1ccccc1.CCOC(=O)CC(=O)NN. The summed E-state index contributed by atoms with van der Waals surface area (Å²) in [6.07, 6.45) is 7.23. The van der Waals surface area contributed by atoms with E-state index in [2.05, 4.69) is 150 Å². The molecule has 332 valence electrons. The molecule has 0 spiro atoms. The summed E-state index contributed by atoms with van der Waals surface area (Å²) in [6, 6.07) is 37.8. The lowest BCUT2D eigenvalue weighted by atomic mass is 9.76. The van der Waals surface area contributed by atoms with Gasteiger partial charge in [0.1, 0.15) is 19.1 Å². The molecule has 13 heteroatoms. The lowest BCUT2D eigenvalue weighted by Crippen LogP contribution is -2.32. The molecule has 2 amide bonds. The van der Waals surface area contributed by atoms with Gasteiger partial charge >= 0.3 is 11.9 Å². The van der Waals surface area contributed by atoms with Crippen molar-refractivity contribution in [3.63, 3.8) is 0 Å². The van der Waals surface area contributed by atoms with Crippen LogP contribution in [0, 0.1) is 0 Å². The first-order valence-corrected chi connectivity index (χ1v) is 21.2. The molecule has 4 aromatic rings. The number of nitrogens with zero attached hydrogens (tertiary/aromatic N) is 3. The minimum atomic E-state index is -0.564. The Morgan fingerprint density at radius 3 is 1.44 bits per heavy atom. The van der Waals surface area contributed by atoms with Gasteiger partial charge in [0.25, 0.3) is 5.91 Å². The number of nitrogens with two attached hydrogens (primary N) is 1. The van der Waals surface area contributed by atoms with E-state index in [9.17, 15) is 24.0 Å². The van der Waals surface area contributed by atoms with Gasteiger partial charge in [-0.2, -0.15) is 5.10 Å². The lowest BCUT2D eigenvalue weighted by molar-refractivity contribution is -0.147. The topological polar surface area (TPSA) is 173 Å². The highest BCUT2D eigenvalue weighted by Crippen LogP contribution is 2.50. The van der Waals surface area contributed by atoms with Crippen molar-refractivity contribution in [1.82, 2.24) is 10.9 Å². The quantitative estimate of drug-likeness (QED) is 0.0165. The zero-order valence-corrected chi connectivity index (χ0v) is 37.1. The number of anilines is 2. The Morgan fingerprint density at radius 1 is 0.619 bits per heavy atom. The molecule has 0 radical (unpaired) electrons. The van der Waals surface area contributed by atoms with Crippen LogP contribution in [0.5, 0.6) is 0 Å². The van der Waals surface area contributed by atoms with Gasteiger partial charge in [-0.25, -0.2) is 11.3 Å². The Balaban J connectivity index is 0.000000236. The Morgan fingerprint density at radius 2 is 1.03 bits per heavy atom. The molecule has 0 fully saturated rings. The van der Waals surface area contributed by atoms with Gasteiger partial charge in [-0.3, -0.25) is 29.4 Å². The second kappa shape index (κ2) is 24.0. The Labute approximate surface area is 371 Å². The van der Waals surface area contributed by atoms with Crippen molar-refractivity contribution in [2.45, 2.75) is 78.1 Å². The number of hydrazone groups is 1. The molecule has 0 aromatic heterocycles. The van der Waals surface area contributed by atoms with Crippen LogP contribution in [-0.2, 0) is 57.1 Å². The summed E-state index contributed by atoms with van der Waals surface area (Å²) in [6.45, 7) is 14.3. The van der Waals surface area contributed by atoms with E-state index in [-0.39, 0.29) is 36.9 Å². The highest BCUT2D eigenvalue weighted by Gasteiger charge is 2.44. The highest BCUT2D eigenvalue weighted by atomic mass is 16.5. The number of hydrogen-bond acceptors (Lipinski definition) is 11. The van der Waals surface area contributed by atoms with Gasteiger partial charge in [0.15, 0.2) is 0 Å². The molecule has 2 atom stereocenters. The average Bonchev–Trinajstić information content (AvgIpc) is 3.66. The van der Waals surface area contributed by atoms with E-state index in [4.69, 9.17) is 10.6 Å². The van der Waals surface area contributed by atoms with Crippen LogP contribution < -0.4 is 26.5 Å². The Bertz CT molecular complexity index is 2260. The zero-order chi connectivity index (χ0) is 45.8. The maximum Gasteiger partial charge on any atom is 0.315 e. The molecule has 6 rings (SSSR count). The molecular weight excluding hydrogens is 797 g/mol. The second-order valence-electron chi connectivity index (χ2n) is 15.1. The molecule has 2 heterocycles. The minimum Gasteiger partial charge on any atom is -0.466 e. The number of carbonyl (C=O) groups excluding carboxylic acids is 5. The third kappa shape index (κ3) is 12.6. The molecule has 63 heavy (non-hydrogen) atoms. The Hall–Kier alpha value is -6.86. The molecular formula is C50H60N6O7. The number of likely N-dealkylation sites (N-methyl/N-ethyl adjacent to an activating group) is 2. The molecule has 0 aliphatic carbocycles. The van der Waals surface area contributed by atoms with E-state index in [0.29, 0.717) is 0 Å². The second-order valence-corrected chi connectivity index (χ2v) is 15.1. The van der Waals surface area contributed by atoms with Crippen molar-refractivity contribution < 1.29 is 33.4 Å². The van der Waals surface area contributed by atoms with Crippen molar-refractivity contribution in [3.8, 4) is 0 Å². The number of benzene rings is 4. The van der Waals surface area contributed by atoms with Crippen LogP contribution in [0.1, 0.15) is 76.6 Å². The molecule has 0 bridgehead atoms. The molecule has 0 saturated carbocycles. The maximum atomic E-state index is 11.8. The number of ether oxygens (including phenoxy) is 2. The van der Waals surface area contributed by atoms with Crippen LogP contribution in [0.3, 0.4) is 0 Å². The van der Waals surface area contributed by atoms with Crippen molar-refractivity contribution in [3.05, 3.63) is 155 Å². The van der Waals surface area contributed by atoms with Crippen LogP contribution in [0.4, 0.5) is 11.4 Å². The number of rotatable bonds is 15. The highest BCUT2D eigenvalue weighted by molar-refractivity contribution is 5.95. The molecule has 2 unspecified atom stereocenters. The predicted octanol–water partition coefficient (Wildman–Crippen LogP) is 7.01. The van der Waals surface area contributed by atoms with Gasteiger partial charge in [0.2, 0.25) is 5.91 Å². The van der Waals surface area contributed by atoms with Gasteiger partial charge in [-0.05, 0) is 101 Å². The first kappa shape index (κ1) is 48.8. The van der Waals surface area contributed by atoms with E-state index >= 15 is 0 Å². The summed E-state index contributed by atoms with van der Waals surface area (Å²) in [5.74, 6) is 2.54. The number of nitrogens with one attached hydrogen (secondary N) is 2. The van der Waals surface area contributed by atoms with E-state index in [1.165, 1.54) is 33.6 Å². The minimum absolute atomic E-state index is 0.172. The summed E-state index contributed by atoms with van der Waals surface area (Å²) in [5, 5.41) is 4.02. The summed E-state index contributed by atoms with van der Waals surface area (Å²) < 4.78 is 9.24. The van der Waals surface area contributed by atoms with Gasteiger partial charge < -0.3 is 19.3 Å². The van der Waals surface area contributed by atoms with E-state index < -0.39 is 23.8 Å². The van der Waals surface area contributed by atoms with Crippen LogP contribution in [0.25, 0.3) is 0 Å². The number of carbonyl (C=O) groups is 5. The van der Waals surface area contributed by atoms with E-state index in [1.807, 2.05) is 23.6 Å². The fraction of sp³-hybridized carbons (Fsp3) is 0.320. The smallest absolute Gasteiger partial charge is 0.315 e. The number of fused-ring (bicyclic) bond motifs is 2. The molecule has 0 saturated heterocycles. The normalized spacial score (nSPS) is 18.3. The summed E-state index contributed by atoms with van der Waals surface area (Å²) in [7, 11) is 0. The number of amides is 2. The Kier molecular flexibility index (Phi) is 18.6. The molecule has 4 N–H and O–H groups in total.